The quantitative estimate of drug-likeness (QED) is 0.802. The van der Waals surface area contributed by atoms with Crippen molar-refractivity contribution in [1.82, 2.24) is 4.98 Å². The number of alkyl halides is 3. The van der Waals surface area contributed by atoms with Crippen molar-refractivity contribution >= 4 is 0 Å². The molecule has 0 fully saturated rings. The number of aromatic nitrogens is 1. The fourth-order valence-corrected chi connectivity index (χ4v) is 0.872. The molecule has 3 nitrogen and oxygen atoms in total. The van der Waals surface area contributed by atoms with Crippen LogP contribution in [0.2, 0.25) is 0 Å². The van der Waals surface area contributed by atoms with Gasteiger partial charge in [-0.15, -0.1) is 0 Å². The molecule has 0 aliphatic heterocycles. The van der Waals surface area contributed by atoms with Crippen LogP contribution >= 0.6 is 0 Å². The first kappa shape index (κ1) is 10.8. The molecule has 0 saturated heterocycles. The molecule has 0 spiro atoms. The zero-order valence-corrected chi connectivity index (χ0v) is 7.25. The Balaban J connectivity index is 2.95. The molecule has 78 valence electrons. The average molecular weight is 207 g/mol. The predicted molar refractivity (Wildman–Crippen MR) is 41.8 cm³/mol. The van der Waals surface area contributed by atoms with Crippen molar-refractivity contribution in [2.45, 2.75) is 12.3 Å². The van der Waals surface area contributed by atoms with Gasteiger partial charge in [-0.25, -0.2) is 0 Å². The molecule has 0 amide bonds. The van der Waals surface area contributed by atoms with Gasteiger partial charge in [-0.05, 0) is 6.07 Å². The average Bonchev–Trinajstić information content (AvgIpc) is 2.15. The Kier molecular flexibility index (Phi) is 2.95. The molecule has 1 heterocycles. The van der Waals surface area contributed by atoms with Crippen molar-refractivity contribution in [3.63, 3.8) is 0 Å². The first-order valence-electron chi connectivity index (χ1n) is 3.70. The number of rotatable bonds is 2. The van der Waals surface area contributed by atoms with Crippen LogP contribution < -0.4 is 4.74 Å². The molecule has 1 atom stereocenters. The summed E-state index contributed by atoms with van der Waals surface area (Å²) in [7, 11) is 1.32. The SMILES string of the molecule is COc1ccnc([C@H](O)C(F)(F)F)c1. The number of hydrogen-bond acceptors (Lipinski definition) is 3. The van der Waals surface area contributed by atoms with Crippen molar-refractivity contribution in [3.05, 3.63) is 24.0 Å². The van der Waals surface area contributed by atoms with Gasteiger partial charge in [0.1, 0.15) is 5.75 Å². The number of hydrogen-bond donors (Lipinski definition) is 1. The minimum absolute atomic E-state index is 0.221. The Morgan fingerprint density at radius 1 is 1.50 bits per heavy atom. The van der Waals surface area contributed by atoms with Gasteiger partial charge >= 0.3 is 6.18 Å². The molecular weight excluding hydrogens is 199 g/mol. The van der Waals surface area contributed by atoms with Crippen molar-refractivity contribution in [2.75, 3.05) is 7.11 Å². The largest absolute Gasteiger partial charge is 0.497 e. The maximum atomic E-state index is 12.0. The van der Waals surface area contributed by atoms with Gasteiger partial charge in [0.05, 0.1) is 12.8 Å². The number of methoxy groups -OCH3 is 1. The molecule has 0 unspecified atom stereocenters. The molecule has 1 N–H and O–H groups in total. The molecule has 0 bridgehead atoms. The fourth-order valence-electron chi connectivity index (χ4n) is 0.872. The minimum atomic E-state index is -4.71. The van der Waals surface area contributed by atoms with E-state index in [1.165, 1.54) is 13.2 Å². The van der Waals surface area contributed by atoms with Crippen LogP contribution in [0.1, 0.15) is 11.8 Å². The van der Waals surface area contributed by atoms with Gasteiger partial charge in [-0.1, -0.05) is 0 Å². The monoisotopic (exact) mass is 207 g/mol. The summed E-state index contributed by atoms with van der Waals surface area (Å²) in [5, 5.41) is 8.83. The Bertz CT molecular complexity index is 314. The summed E-state index contributed by atoms with van der Waals surface area (Å²) in [6.07, 6.45) is -6.14. The summed E-state index contributed by atoms with van der Waals surface area (Å²) < 4.78 is 40.8. The predicted octanol–water partition coefficient (Wildman–Crippen LogP) is 1.69. The Labute approximate surface area is 78.2 Å². The topological polar surface area (TPSA) is 42.4 Å². The molecule has 0 aliphatic rings. The number of ether oxygens (including phenoxy) is 1. The van der Waals surface area contributed by atoms with Crippen LogP contribution in [0.25, 0.3) is 0 Å². The van der Waals surface area contributed by atoms with Crippen LogP contribution in [0, 0.1) is 0 Å². The summed E-state index contributed by atoms with van der Waals surface area (Å²) in [4.78, 5) is 3.40. The zero-order chi connectivity index (χ0) is 10.8. The zero-order valence-electron chi connectivity index (χ0n) is 7.25. The van der Waals surface area contributed by atoms with Crippen LogP contribution in [0.15, 0.2) is 18.3 Å². The van der Waals surface area contributed by atoms with Gasteiger partial charge in [0, 0.05) is 12.3 Å². The summed E-state index contributed by atoms with van der Waals surface area (Å²) in [6.45, 7) is 0. The molecule has 0 aromatic carbocycles. The third-order valence-electron chi connectivity index (χ3n) is 1.58. The number of aliphatic hydroxyl groups excluding tert-OH is 1. The van der Waals surface area contributed by atoms with Crippen LogP contribution in [-0.2, 0) is 0 Å². The normalized spacial score (nSPS) is 13.8. The fraction of sp³-hybridized carbons (Fsp3) is 0.375. The van der Waals surface area contributed by atoms with E-state index in [4.69, 9.17) is 9.84 Å². The highest BCUT2D eigenvalue weighted by Gasteiger charge is 2.40. The van der Waals surface area contributed by atoms with Crippen molar-refractivity contribution in [2.24, 2.45) is 0 Å². The van der Waals surface area contributed by atoms with E-state index in [-0.39, 0.29) is 5.75 Å². The number of pyridine rings is 1. The lowest BCUT2D eigenvalue weighted by molar-refractivity contribution is -0.208. The lowest BCUT2D eigenvalue weighted by atomic mass is 10.2. The van der Waals surface area contributed by atoms with Crippen LogP contribution in [0.4, 0.5) is 13.2 Å². The van der Waals surface area contributed by atoms with Crippen molar-refractivity contribution in [3.8, 4) is 5.75 Å². The molecule has 1 aromatic rings. The van der Waals surface area contributed by atoms with E-state index in [9.17, 15) is 13.2 Å². The second kappa shape index (κ2) is 3.83. The van der Waals surface area contributed by atoms with Gasteiger partial charge < -0.3 is 9.84 Å². The Morgan fingerprint density at radius 2 is 2.14 bits per heavy atom. The van der Waals surface area contributed by atoms with E-state index >= 15 is 0 Å². The second-order valence-corrected chi connectivity index (χ2v) is 2.56. The molecule has 1 rings (SSSR count). The van der Waals surface area contributed by atoms with Crippen LogP contribution in [-0.4, -0.2) is 23.4 Å². The van der Waals surface area contributed by atoms with Gasteiger partial charge in [0.25, 0.3) is 0 Å². The van der Waals surface area contributed by atoms with Crippen molar-refractivity contribution in [1.29, 1.82) is 0 Å². The maximum Gasteiger partial charge on any atom is 0.420 e. The van der Waals surface area contributed by atoms with Crippen LogP contribution in [0.5, 0.6) is 5.75 Å². The first-order chi connectivity index (χ1) is 6.45. The first-order valence-corrected chi connectivity index (χ1v) is 3.70. The van der Waals surface area contributed by atoms with Gasteiger partial charge in [-0.2, -0.15) is 13.2 Å². The molecule has 1 aromatic heterocycles. The smallest absolute Gasteiger partial charge is 0.420 e. The molecule has 0 aliphatic carbocycles. The Morgan fingerprint density at radius 3 is 2.64 bits per heavy atom. The summed E-state index contributed by atoms with van der Waals surface area (Å²) >= 11 is 0. The van der Waals surface area contributed by atoms with Gasteiger partial charge in [0.2, 0.25) is 0 Å². The standard InChI is InChI=1S/C8H8F3NO2/c1-14-5-2-3-12-6(4-5)7(13)8(9,10)11/h2-4,7,13H,1H3/t7-/m0/s1. The van der Waals surface area contributed by atoms with E-state index < -0.39 is 18.0 Å². The number of nitrogens with zero attached hydrogens (tertiary/aromatic N) is 1. The third kappa shape index (κ3) is 2.35. The highest BCUT2D eigenvalue weighted by Crippen LogP contribution is 2.32. The minimum Gasteiger partial charge on any atom is -0.497 e. The Hall–Kier alpha value is -1.30. The summed E-state index contributed by atoms with van der Waals surface area (Å²) in [5.41, 5.74) is -0.475. The van der Waals surface area contributed by atoms with E-state index in [0.29, 0.717) is 0 Å². The maximum absolute atomic E-state index is 12.0. The lowest BCUT2D eigenvalue weighted by Gasteiger charge is -2.14. The van der Waals surface area contributed by atoms with Crippen molar-refractivity contribution < 1.29 is 23.0 Å². The molecule has 14 heavy (non-hydrogen) atoms. The lowest BCUT2D eigenvalue weighted by Crippen LogP contribution is -2.21. The summed E-state index contributed by atoms with van der Waals surface area (Å²) in [6, 6.07) is 2.44. The number of aliphatic hydroxyl groups is 1. The third-order valence-corrected chi connectivity index (χ3v) is 1.58. The molecular formula is C8H8F3NO2. The van der Waals surface area contributed by atoms with E-state index in [2.05, 4.69) is 4.98 Å². The summed E-state index contributed by atoms with van der Waals surface area (Å²) in [5.74, 6) is 0.221. The van der Waals surface area contributed by atoms with E-state index in [1.807, 2.05) is 0 Å². The highest BCUT2D eigenvalue weighted by atomic mass is 19.4. The molecule has 6 heteroatoms. The number of halogens is 3. The van der Waals surface area contributed by atoms with Gasteiger partial charge in [0.15, 0.2) is 6.10 Å². The van der Waals surface area contributed by atoms with E-state index in [1.54, 1.807) is 0 Å². The van der Waals surface area contributed by atoms with Gasteiger partial charge in [-0.3, -0.25) is 4.98 Å². The van der Waals surface area contributed by atoms with Crippen LogP contribution in [0.3, 0.4) is 0 Å². The highest BCUT2D eigenvalue weighted by molar-refractivity contribution is 5.24. The second-order valence-electron chi connectivity index (χ2n) is 2.56. The molecule has 0 saturated carbocycles. The molecule has 0 radical (unpaired) electrons. The van der Waals surface area contributed by atoms with E-state index in [0.717, 1.165) is 12.3 Å².